The molecule has 3 N–H and O–H groups in total. The molecule has 1 aliphatic heterocycles. The van der Waals surface area contributed by atoms with Crippen molar-refractivity contribution < 1.29 is 28.6 Å². The Bertz CT molecular complexity index is 1050. The van der Waals surface area contributed by atoms with Crippen LogP contribution in [0.4, 0.5) is 10.1 Å². The van der Waals surface area contributed by atoms with Crippen LogP contribution in [0.2, 0.25) is 0 Å². The average Bonchev–Trinajstić information content (AvgIpc) is 3.27. The number of nitrogens with zero attached hydrogens (tertiary/aromatic N) is 1. The number of nitrogens with one attached hydrogen (secondary N) is 2. The first kappa shape index (κ1) is 22.6. The molecule has 8 nitrogen and oxygen atoms in total. The summed E-state index contributed by atoms with van der Waals surface area (Å²) in [7, 11) is 1.60. The molecule has 2 aromatic rings. The summed E-state index contributed by atoms with van der Waals surface area (Å²) in [5.74, 6) is -2.52. The lowest BCUT2D eigenvalue weighted by Gasteiger charge is -2.25. The molecule has 0 spiro atoms. The molecule has 0 radical (unpaired) electrons. The fraction of sp³-hybridized carbons (Fsp3) is 0.409. The van der Waals surface area contributed by atoms with Crippen molar-refractivity contribution in [2.45, 2.75) is 32.7 Å². The quantitative estimate of drug-likeness (QED) is 0.477. The van der Waals surface area contributed by atoms with E-state index in [9.17, 15) is 23.9 Å². The molecule has 166 valence electrons. The first-order valence-electron chi connectivity index (χ1n) is 9.89. The highest BCUT2D eigenvalue weighted by molar-refractivity contribution is 6.43. The van der Waals surface area contributed by atoms with Crippen LogP contribution >= 0.6 is 0 Å². The Morgan fingerprint density at radius 1 is 1.26 bits per heavy atom. The summed E-state index contributed by atoms with van der Waals surface area (Å²) in [6, 6.07) is 4.22. The molecule has 1 fully saturated rings. The van der Waals surface area contributed by atoms with Gasteiger partial charge in [-0.1, -0.05) is 0 Å². The number of Topliss-reactive ketones (excluding diaryl/α,β-unsaturated/α-hetero) is 1. The van der Waals surface area contributed by atoms with Crippen LogP contribution in [0.15, 0.2) is 18.2 Å². The molecule has 1 aromatic heterocycles. The molecule has 1 aromatic carbocycles. The highest BCUT2D eigenvalue weighted by Crippen LogP contribution is 2.24. The third kappa shape index (κ3) is 4.24. The van der Waals surface area contributed by atoms with Gasteiger partial charge in [0.05, 0.1) is 30.0 Å². The van der Waals surface area contributed by atoms with E-state index < -0.39 is 23.1 Å². The van der Waals surface area contributed by atoms with Crippen LogP contribution in [-0.2, 0) is 16.6 Å². The predicted octanol–water partition coefficient (Wildman–Crippen LogP) is 1.79. The Morgan fingerprint density at radius 2 is 1.97 bits per heavy atom. The summed E-state index contributed by atoms with van der Waals surface area (Å²) in [6.45, 7) is 5.02. The molecule has 1 saturated heterocycles. The van der Waals surface area contributed by atoms with Crippen LogP contribution in [-0.4, -0.2) is 52.6 Å². The molecule has 2 amide bonds. The number of aryl methyl sites for hydroxylation is 1. The number of rotatable bonds is 6. The minimum atomic E-state index is -0.985. The van der Waals surface area contributed by atoms with Gasteiger partial charge in [0, 0.05) is 25.0 Å². The predicted molar refractivity (Wildman–Crippen MR) is 112 cm³/mol. The van der Waals surface area contributed by atoms with Gasteiger partial charge in [-0.3, -0.25) is 14.4 Å². The molecule has 2 heterocycles. The lowest BCUT2D eigenvalue weighted by Crippen LogP contribution is -2.54. The number of ketones is 1. The molecule has 1 unspecified atom stereocenters. The van der Waals surface area contributed by atoms with Gasteiger partial charge < -0.3 is 25.0 Å². The van der Waals surface area contributed by atoms with E-state index in [1.54, 1.807) is 27.8 Å². The molecule has 1 atom stereocenters. The van der Waals surface area contributed by atoms with Crippen molar-refractivity contribution in [2.24, 2.45) is 7.05 Å². The van der Waals surface area contributed by atoms with E-state index >= 15 is 0 Å². The number of aliphatic hydroxyl groups is 1. The maximum Gasteiger partial charge on any atom is 0.294 e. The maximum atomic E-state index is 13.5. The smallest absolute Gasteiger partial charge is 0.294 e. The van der Waals surface area contributed by atoms with E-state index in [2.05, 4.69) is 10.6 Å². The number of aromatic nitrogens is 1. The largest absolute Gasteiger partial charge is 0.394 e. The van der Waals surface area contributed by atoms with Gasteiger partial charge in [-0.25, -0.2) is 4.39 Å². The van der Waals surface area contributed by atoms with Crippen LogP contribution in [0, 0.1) is 26.6 Å². The number of hydrogen-bond donors (Lipinski definition) is 3. The molecular formula is C22H26FN3O5. The van der Waals surface area contributed by atoms with E-state index in [0.29, 0.717) is 35.5 Å². The molecular weight excluding hydrogens is 405 g/mol. The normalized spacial score (nSPS) is 18.1. The van der Waals surface area contributed by atoms with Crippen molar-refractivity contribution in [3.05, 3.63) is 52.1 Å². The van der Waals surface area contributed by atoms with Gasteiger partial charge in [-0.2, -0.15) is 0 Å². The van der Waals surface area contributed by atoms with Crippen molar-refractivity contribution in [1.29, 1.82) is 0 Å². The van der Waals surface area contributed by atoms with Crippen LogP contribution in [0.1, 0.15) is 44.1 Å². The SMILES string of the molecule is Cc1cc(NC(=O)c2c(C)c(C(=O)C(=O)NC3(CO)CCOC3)n(C)c2C)ccc1F. The second kappa shape index (κ2) is 8.60. The molecule has 0 bridgehead atoms. The number of halogens is 1. The van der Waals surface area contributed by atoms with E-state index in [-0.39, 0.29) is 30.3 Å². The first-order valence-corrected chi connectivity index (χ1v) is 9.89. The number of anilines is 1. The number of ether oxygens (including phenoxy) is 1. The zero-order chi connectivity index (χ0) is 22.9. The Balaban J connectivity index is 1.87. The zero-order valence-electron chi connectivity index (χ0n) is 18.0. The van der Waals surface area contributed by atoms with Gasteiger partial charge in [0.25, 0.3) is 17.6 Å². The fourth-order valence-electron chi connectivity index (χ4n) is 3.83. The molecule has 0 saturated carbocycles. The average molecular weight is 431 g/mol. The monoisotopic (exact) mass is 431 g/mol. The molecule has 1 aliphatic rings. The number of hydrogen-bond acceptors (Lipinski definition) is 5. The van der Waals surface area contributed by atoms with E-state index in [4.69, 9.17) is 4.74 Å². The third-order valence-electron chi connectivity index (χ3n) is 5.78. The number of aliphatic hydroxyl groups excluding tert-OH is 1. The highest BCUT2D eigenvalue weighted by atomic mass is 19.1. The fourth-order valence-corrected chi connectivity index (χ4v) is 3.83. The van der Waals surface area contributed by atoms with Crippen molar-refractivity contribution in [1.82, 2.24) is 9.88 Å². The van der Waals surface area contributed by atoms with Crippen molar-refractivity contribution >= 4 is 23.3 Å². The molecule has 31 heavy (non-hydrogen) atoms. The topological polar surface area (TPSA) is 110 Å². The van der Waals surface area contributed by atoms with E-state index in [1.807, 2.05) is 0 Å². The van der Waals surface area contributed by atoms with E-state index in [1.165, 1.54) is 22.8 Å². The Morgan fingerprint density at radius 3 is 2.55 bits per heavy atom. The van der Waals surface area contributed by atoms with Crippen molar-refractivity contribution in [2.75, 3.05) is 25.1 Å². The van der Waals surface area contributed by atoms with E-state index in [0.717, 1.165) is 0 Å². The summed E-state index contributed by atoms with van der Waals surface area (Å²) in [6.07, 6.45) is 0.401. The summed E-state index contributed by atoms with van der Waals surface area (Å²) in [5.41, 5.74) is 1.04. The third-order valence-corrected chi connectivity index (χ3v) is 5.78. The minimum Gasteiger partial charge on any atom is -0.394 e. The van der Waals surface area contributed by atoms with Gasteiger partial charge in [-0.05, 0) is 56.5 Å². The van der Waals surface area contributed by atoms with Crippen molar-refractivity contribution in [3.8, 4) is 0 Å². The Hall–Kier alpha value is -3.04. The second-order valence-corrected chi connectivity index (χ2v) is 7.94. The standard InChI is InChI=1S/C22H26FN3O5/c1-12-9-15(5-6-16(12)23)24-20(29)17-13(2)18(26(4)14(17)3)19(28)21(30)25-22(10-27)7-8-31-11-22/h5-6,9,27H,7-8,10-11H2,1-4H3,(H,24,29)(H,25,30). The summed E-state index contributed by atoms with van der Waals surface area (Å²) in [4.78, 5) is 38.5. The summed E-state index contributed by atoms with van der Waals surface area (Å²) in [5, 5.41) is 14.9. The number of carbonyl (C=O) groups is 3. The van der Waals surface area contributed by atoms with Crippen LogP contribution in [0.25, 0.3) is 0 Å². The Labute approximate surface area is 179 Å². The lowest BCUT2D eigenvalue weighted by atomic mass is 9.99. The van der Waals surface area contributed by atoms with Gasteiger partial charge >= 0.3 is 0 Å². The number of carbonyl (C=O) groups excluding carboxylic acids is 3. The summed E-state index contributed by atoms with van der Waals surface area (Å²) < 4.78 is 20.2. The van der Waals surface area contributed by atoms with Gasteiger partial charge in [0.1, 0.15) is 5.82 Å². The Kier molecular flexibility index (Phi) is 6.28. The minimum absolute atomic E-state index is 0.0856. The molecule has 3 rings (SSSR count). The number of benzene rings is 1. The number of amides is 2. The summed E-state index contributed by atoms with van der Waals surface area (Å²) >= 11 is 0. The van der Waals surface area contributed by atoms with Crippen LogP contribution in [0.5, 0.6) is 0 Å². The van der Waals surface area contributed by atoms with Crippen LogP contribution < -0.4 is 10.6 Å². The first-order chi connectivity index (χ1) is 14.6. The molecule has 9 heteroatoms. The van der Waals surface area contributed by atoms with Gasteiger partial charge in [-0.15, -0.1) is 0 Å². The van der Waals surface area contributed by atoms with Gasteiger partial charge in [0.2, 0.25) is 0 Å². The second-order valence-electron chi connectivity index (χ2n) is 7.94. The highest BCUT2D eigenvalue weighted by Gasteiger charge is 2.38. The maximum absolute atomic E-state index is 13.5. The van der Waals surface area contributed by atoms with Gasteiger partial charge in [0.15, 0.2) is 0 Å². The van der Waals surface area contributed by atoms with Crippen molar-refractivity contribution in [3.63, 3.8) is 0 Å². The lowest BCUT2D eigenvalue weighted by molar-refractivity contribution is -0.119. The van der Waals surface area contributed by atoms with Crippen LogP contribution in [0.3, 0.4) is 0 Å². The zero-order valence-corrected chi connectivity index (χ0v) is 18.0. The molecule has 0 aliphatic carbocycles.